The summed E-state index contributed by atoms with van der Waals surface area (Å²) in [7, 11) is 0. The van der Waals surface area contributed by atoms with Gasteiger partial charge in [-0.15, -0.1) is 0 Å². The lowest BCUT2D eigenvalue weighted by atomic mass is 9.92. The van der Waals surface area contributed by atoms with Crippen molar-refractivity contribution in [1.82, 2.24) is 0 Å². The van der Waals surface area contributed by atoms with E-state index in [0.717, 1.165) is 12.8 Å². The van der Waals surface area contributed by atoms with E-state index >= 15 is 0 Å². The second-order valence-electron chi connectivity index (χ2n) is 4.10. The van der Waals surface area contributed by atoms with Crippen molar-refractivity contribution in [2.75, 3.05) is 0 Å². The van der Waals surface area contributed by atoms with E-state index in [4.69, 9.17) is 0 Å². The first-order chi connectivity index (χ1) is 8.78. The van der Waals surface area contributed by atoms with Gasteiger partial charge in [0.15, 0.2) is 0 Å². The van der Waals surface area contributed by atoms with Crippen molar-refractivity contribution in [1.29, 1.82) is 0 Å². The molecule has 1 rings (SSSR count). The summed E-state index contributed by atoms with van der Waals surface area (Å²) in [6.45, 7) is 12.0. The highest BCUT2D eigenvalue weighted by atomic mass is 14.1. The Morgan fingerprint density at radius 2 is 1.89 bits per heavy atom. The maximum atomic E-state index is 3.92. The van der Waals surface area contributed by atoms with Gasteiger partial charge in [-0.1, -0.05) is 75.6 Å². The topological polar surface area (TPSA) is 0 Å². The second-order valence-corrected chi connectivity index (χ2v) is 4.10. The van der Waals surface area contributed by atoms with Crippen LogP contribution >= 0.6 is 0 Å². The van der Waals surface area contributed by atoms with Crippen LogP contribution in [0.3, 0.4) is 0 Å². The van der Waals surface area contributed by atoms with Crippen LogP contribution in [0.5, 0.6) is 0 Å². The monoisotopic (exact) mass is 238 g/mol. The first-order valence-electron chi connectivity index (χ1n) is 6.51. The summed E-state index contributed by atoms with van der Waals surface area (Å²) in [5.41, 5.74) is 5.20. The molecule has 0 amide bonds. The Labute approximate surface area is 111 Å². The molecule has 0 saturated heterocycles. The van der Waals surface area contributed by atoms with Crippen LogP contribution in [-0.2, 0) is 6.42 Å². The highest BCUT2D eigenvalue weighted by Crippen LogP contribution is 2.26. The lowest BCUT2D eigenvalue weighted by Gasteiger charge is -2.12. The first kappa shape index (κ1) is 14.2. The third kappa shape index (κ3) is 3.33. The van der Waals surface area contributed by atoms with E-state index in [1.54, 1.807) is 0 Å². The van der Waals surface area contributed by atoms with Crippen molar-refractivity contribution >= 4 is 5.57 Å². The molecule has 1 aromatic rings. The zero-order chi connectivity index (χ0) is 13.4. The van der Waals surface area contributed by atoms with Gasteiger partial charge in [0.2, 0.25) is 0 Å². The molecule has 0 saturated carbocycles. The van der Waals surface area contributed by atoms with Crippen molar-refractivity contribution in [3.8, 4) is 0 Å². The molecule has 0 aliphatic rings. The summed E-state index contributed by atoms with van der Waals surface area (Å²) in [5, 5.41) is 0. The predicted octanol–water partition coefficient (Wildman–Crippen LogP) is 5.34. The normalized spacial score (nSPS) is 12.3. The average molecular weight is 238 g/mol. The summed E-state index contributed by atoms with van der Waals surface area (Å²) >= 11 is 0. The Morgan fingerprint density at radius 3 is 2.44 bits per heavy atom. The second kappa shape index (κ2) is 7.50. The molecule has 0 aliphatic carbocycles. The Kier molecular flexibility index (Phi) is 5.93. The predicted molar refractivity (Wildman–Crippen MR) is 82.6 cm³/mol. The lowest BCUT2D eigenvalue weighted by molar-refractivity contribution is 1.12. The van der Waals surface area contributed by atoms with E-state index in [1.807, 2.05) is 18.2 Å². The van der Waals surface area contributed by atoms with Gasteiger partial charge in [0.25, 0.3) is 0 Å². The number of hydrogen-bond donors (Lipinski definition) is 0. The third-order valence-corrected chi connectivity index (χ3v) is 3.06. The van der Waals surface area contributed by atoms with Crippen LogP contribution in [0.1, 0.15) is 31.4 Å². The maximum absolute atomic E-state index is 3.92. The molecule has 0 radical (unpaired) electrons. The van der Waals surface area contributed by atoms with Gasteiger partial charge < -0.3 is 0 Å². The van der Waals surface area contributed by atoms with Crippen molar-refractivity contribution in [2.24, 2.45) is 0 Å². The van der Waals surface area contributed by atoms with Crippen LogP contribution in [0.2, 0.25) is 0 Å². The molecule has 0 unspecified atom stereocenters. The zero-order valence-corrected chi connectivity index (χ0v) is 11.4. The number of benzene rings is 1. The number of aryl methyl sites for hydroxylation is 1. The highest BCUT2D eigenvalue weighted by molar-refractivity contribution is 5.80. The smallest absolute Gasteiger partial charge is 0.0149 e. The molecule has 0 aromatic heterocycles. The standard InChI is InChI=1S/C18H22/c1-5-9-13-17(15(6-2)7-3)18-14-11-10-12-16(18)8-4/h5-6,9-14H,1-2,7-8H2,3-4H3/b13-9-,17-15-. The Bertz CT molecular complexity index is 473. The maximum Gasteiger partial charge on any atom is -0.0149 e. The van der Waals surface area contributed by atoms with Gasteiger partial charge in [-0.3, -0.25) is 0 Å². The van der Waals surface area contributed by atoms with Gasteiger partial charge in [0.1, 0.15) is 0 Å². The van der Waals surface area contributed by atoms with Crippen LogP contribution in [0, 0.1) is 0 Å². The van der Waals surface area contributed by atoms with E-state index in [9.17, 15) is 0 Å². The fourth-order valence-electron chi connectivity index (χ4n) is 2.07. The SMILES string of the molecule is C=C/C=C\C(=C(/C=C)CC)c1ccccc1CC. The van der Waals surface area contributed by atoms with Gasteiger partial charge in [0, 0.05) is 0 Å². The van der Waals surface area contributed by atoms with E-state index in [0.29, 0.717) is 0 Å². The molecule has 0 nitrogen and oxygen atoms in total. The van der Waals surface area contributed by atoms with E-state index < -0.39 is 0 Å². The van der Waals surface area contributed by atoms with Gasteiger partial charge in [-0.05, 0) is 35.1 Å². The minimum Gasteiger partial charge on any atom is -0.0991 e. The fourth-order valence-corrected chi connectivity index (χ4v) is 2.07. The van der Waals surface area contributed by atoms with Gasteiger partial charge >= 0.3 is 0 Å². The first-order valence-corrected chi connectivity index (χ1v) is 6.51. The zero-order valence-electron chi connectivity index (χ0n) is 11.4. The lowest BCUT2D eigenvalue weighted by Crippen LogP contribution is -1.93. The number of hydrogen-bond acceptors (Lipinski definition) is 0. The average Bonchev–Trinajstić information content (AvgIpc) is 2.43. The van der Waals surface area contributed by atoms with Crippen LogP contribution in [0.4, 0.5) is 0 Å². The van der Waals surface area contributed by atoms with Crippen molar-refractivity contribution < 1.29 is 0 Å². The molecule has 0 N–H and O–H groups in total. The molecular formula is C18H22. The largest absolute Gasteiger partial charge is 0.0991 e. The van der Waals surface area contributed by atoms with Crippen molar-refractivity contribution in [2.45, 2.75) is 26.7 Å². The molecule has 1 aromatic carbocycles. The Morgan fingerprint density at radius 1 is 1.17 bits per heavy atom. The Balaban J connectivity index is 3.43. The highest BCUT2D eigenvalue weighted by Gasteiger charge is 2.06. The molecular weight excluding hydrogens is 216 g/mol. The molecule has 0 fully saturated rings. The van der Waals surface area contributed by atoms with Crippen LogP contribution in [-0.4, -0.2) is 0 Å². The molecule has 0 atom stereocenters. The summed E-state index contributed by atoms with van der Waals surface area (Å²) in [4.78, 5) is 0. The molecule has 0 aliphatic heterocycles. The summed E-state index contributed by atoms with van der Waals surface area (Å²) in [6, 6.07) is 8.55. The quantitative estimate of drug-likeness (QED) is 0.587. The van der Waals surface area contributed by atoms with E-state index in [1.165, 1.54) is 22.3 Å². The molecule has 0 spiro atoms. The molecule has 0 heteroatoms. The molecule has 0 heterocycles. The minimum atomic E-state index is 0.984. The van der Waals surface area contributed by atoms with Crippen LogP contribution in [0.25, 0.3) is 5.57 Å². The summed E-state index contributed by atoms with van der Waals surface area (Å²) in [6.07, 6.45) is 9.90. The number of allylic oxidation sites excluding steroid dienone is 6. The Hall–Kier alpha value is -1.82. The molecule has 94 valence electrons. The van der Waals surface area contributed by atoms with Crippen LogP contribution in [0.15, 0.2) is 67.3 Å². The summed E-state index contributed by atoms with van der Waals surface area (Å²) < 4.78 is 0. The molecule has 0 bridgehead atoms. The van der Waals surface area contributed by atoms with Crippen molar-refractivity contribution in [3.05, 3.63) is 78.4 Å². The summed E-state index contributed by atoms with van der Waals surface area (Å²) in [5.74, 6) is 0. The van der Waals surface area contributed by atoms with Gasteiger partial charge in [-0.2, -0.15) is 0 Å². The van der Waals surface area contributed by atoms with E-state index in [2.05, 4.69) is 57.3 Å². The van der Waals surface area contributed by atoms with E-state index in [-0.39, 0.29) is 0 Å². The molecule has 18 heavy (non-hydrogen) atoms. The fraction of sp³-hybridized carbons (Fsp3) is 0.222. The third-order valence-electron chi connectivity index (χ3n) is 3.06. The van der Waals surface area contributed by atoms with Crippen LogP contribution < -0.4 is 0 Å². The van der Waals surface area contributed by atoms with Gasteiger partial charge in [0.05, 0.1) is 0 Å². The van der Waals surface area contributed by atoms with Crippen molar-refractivity contribution in [3.63, 3.8) is 0 Å². The number of rotatable bonds is 6. The van der Waals surface area contributed by atoms with Gasteiger partial charge in [-0.25, -0.2) is 0 Å². The minimum absolute atomic E-state index is 0.984.